The third kappa shape index (κ3) is 2.66. The highest BCUT2D eigenvalue weighted by Crippen LogP contribution is 2.15. The Hall–Kier alpha value is -1.36. The van der Waals surface area contributed by atoms with E-state index in [2.05, 4.69) is 4.98 Å². The van der Waals surface area contributed by atoms with Crippen molar-refractivity contribution < 1.29 is 4.79 Å². The van der Waals surface area contributed by atoms with Crippen LogP contribution in [0, 0.1) is 5.92 Å². The predicted octanol–water partition coefficient (Wildman–Crippen LogP) is 0.160. The monoisotopic (exact) mass is 236 g/mol. The smallest absolute Gasteiger partial charge is 0.227 e. The molecular weight excluding hydrogens is 216 g/mol. The highest BCUT2D eigenvalue weighted by molar-refractivity contribution is 5.79. The molecule has 0 aromatic carbocycles. The molecule has 0 spiro atoms. The Balaban J connectivity index is 2.01. The minimum absolute atomic E-state index is 0.108. The fraction of sp³-hybridized carbons (Fsp3) is 0.667. The van der Waals surface area contributed by atoms with E-state index in [0.717, 1.165) is 31.6 Å². The number of nitrogens with two attached hydrogens (primary N) is 1. The lowest BCUT2D eigenvalue weighted by Crippen LogP contribution is -2.38. The summed E-state index contributed by atoms with van der Waals surface area (Å²) >= 11 is 0. The Morgan fingerprint density at radius 2 is 2.24 bits per heavy atom. The lowest BCUT2D eigenvalue weighted by atomic mass is 10.0. The second-order valence-corrected chi connectivity index (χ2v) is 4.67. The quantitative estimate of drug-likeness (QED) is 0.810. The van der Waals surface area contributed by atoms with Gasteiger partial charge in [0.2, 0.25) is 5.91 Å². The van der Waals surface area contributed by atoms with Crippen LogP contribution in [-0.2, 0) is 18.3 Å². The summed E-state index contributed by atoms with van der Waals surface area (Å²) in [7, 11) is 1.94. The van der Waals surface area contributed by atoms with Crippen molar-refractivity contribution in [2.45, 2.75) is 19.3 Å². The van der Waals surface area contributed by atoms with E-state index in [9.17, 15) is 4.79 Å². The van der Waals surface area contributed by atoms with Crippen LogP contribution >= 0.6 is 0 Å². The van der Waals surface area contributed by atoms with Crippen molar-refractivity contribution in [2.75, 3.05) is 19.6 Å². The second-order valence-electron chi connectivity index (χ2n) is 4.67. The number of nitrogens with zero attached hydrogens (tertiary/aromatic N) is 3. The molecule has 1 atom stereocenters. The summed E-state index contributed by atoms with van der Waals surface area (Å²) in [5.41, 5.74) is 6.79. The highest BCUT2D eigenvalue weighted by Gasteiger charge is 2.26. The SMILES string of the molecule is Cn1cncc1CC(CN)C(=O)N1CCCC1. The van der Waals surface area contributed by atoms with E-state index >= 15 is 0 Å². The molecular formula is C12H20N4O. The summed E-state index contributed by atoms with van der Waals surface area (Å²) in [6.07, 6.45) is 6.48. The number of amides is 1. The first-order valence-electron chi connectivity index (χ1n) is 6.16. The zero-order valence-corrected chi connectivity index (χ0v) is 10.3. The fourth-order valence-corrected chi connectivity index (χ4v) is 2.30. The number of carbonyl (C=O) groups is 1. The number of aryl methyl sites for hydroxylation is 1. The molecule has 2 N–H and O–H groups in total. The molecule has 2 heterocycles. The molecule has 0 saturated carbocycles. The molecule has 0 radical (unpaired) electrons. The van der Waals surface area contributed by atoms with E-state index in [-0.39, 0.29) is 11.8 Å². The molecule has 1 unspecified atom stereocenters. The van der Waals surface area contributed by atoms with Gasteiger partial charge in [-0.3, -0.25) is 4.79 Å². The van der Waals surface area contributed by atoms with Crippen LogP contribution in [-0.4, -0.2) is 40.0 Å². The third-order valence-corrected chi connectivity index (χ3v) is 3.42. The van der Waals surface area contributed by atoms with Gasteiger partial charge in [0.25, 0.3) is 0 Å². The summed E-state index contributed by atoms with van der Waals surface area (Å²) in [5, 5.41) is 0. The Morgan fingerprint density at radius 3 is 2.76 bits per heavy atom. The minimum Gasteiger partial charge on any atom is -0.342 e. The summed E-state index contributed by atoms with van der Waals surface area (Å²) in [5.74, 6) is 0.0923. The van der Waals surface area contributed by atoms with E-state index in [1.807, 2.05) is 16.5 Å². The van der Waals surface area contributed by atoms with Gasteiger partial charge in [-0.05, 0) is 12.8 Å². The molecule has 0 bridgehead atoms. The van der Waals surface area contributed by atoms with Gasteiger partial charge in [0.05, 0.1) is 12.2 Å². The van der Waals surface area contributed by atoms with Crippen molar-refractivity contribution in [3.05, 3.63) is 18.2 Å². The topological polar surface area (TPSA) is 64.2 Å². The molecule has 5 nitrogen and oxygen atoms in total. The Bertz CT molecular complexity index is 382. The van der Waals surface area contributed by atoms with Crippen LogP contribution in [0.2, 0.25) is 0 Å². The van der Waals surface area contributed by atoms with Crippen molar-refractivity contribution in [3.63, 3.8) is 0 Å². The van der Waals surface area contributed by atoms with E-state index in [1.54, 1.807) is 12.5 Å². The molecule has 1 aromatic rings. The van der Waals surface area contributed by atoms with Crippen LogP contribution in [0.25, 0.3) is 0 Å². The fourth-order valence-electron chi connectivity index (χ4n) is 2.30. The summed E-state index contributed by atoms with van der Waals surface area (Å²) in [6, 6.07) is 0. The summed E-state index contributed by atoms with van der Waals surface area (Å²) < 4.78 is 1.94. The Morgan fingerprint density at radius 1 is 1.53 bits per heavy atom. The molecule has 0 aliphatic carbocycles. The number of hydrogen-bond donors (Lipinski definition) is 1. The average Bonchev–Trinajstić information content (AvgIpc) is 2.97. The molecule has 1 fully saturated rings. The van der Waals surface area contributed by atoms with Crippen molar-refractivity contribution in [2.24, 2.45) is 18.7 Å². The van der Waals surface area contributed by atoms with Gasteiger partial charge in [-0.25, -0.2) is 4.98 Å². The first kappa shape index (κ1) is 12.1. The molecule has 5 heteroatoms. The zero-order valence-electron chi connectivity index (χ0n) is 10.3. The maximum absolute atomic E-state index is 12.2. The maximum Gasteiger partial charge on any atom is 0.227 e. The molecule has 1 aliphatic rings. The van der Waals surface area contributed by atoms with Crippen LogP contribution in [0.1, 0.15) is 18.5 Å². The number of carbonyl (C=O) groups excluding carboxylic acids is 1. The number of imidazole rings is 1. The Labute approximate surface area is 102 Å². The van der Waals surface area contributed by atoms with Gasteiger partial charge in [0.15, 0.2) is 0 Å². The van der Waals surface area contributed by atoms with Crippen LogP contribution in [0.15, 0.2) is 12.5 Å². The number of likely N-dealkylation sites (tertiary alicyclic amines) is 1. The average molecular weight is 236 g/mol. The van der Waals surface area contributed by atoms with E-state index in [1.165, 1.54) is 0 Å². The van der Waals surface area contributed by atoms with E-state index in [0.29, 0.717) is 13.0 Å². The first-order valence-corrected chi connectivity index (χ1v) is 6.16. The Kier molecular flexibility index (Phi) is 3.78. The van der Waals surface area contributed by atoms with Gasteiger partial charge >= 0.3 is 0 Å². The van der Waals surface area contributed by atoms with Gasteiger partial charge in [0, 0.05) is 45.0 Å². The van der Waals surface area contributed by atoms with Crippen molar-refractivity contribution in [1.82, 2.24) is 14.5 Å². The normalized spacial score (nSPS) is 17.4. The molecule has 1 saturated heterocycles. The molecule has 94 valence electrons. The van der Waals surface area contributed by atoms with Crippen LogP contribution in [0.4, 0.5) is 0 Å². The van der Waals surface area contributed by atoms with Crippen LogP contribution in [0.3, 0.4) is 0 Å². The lowest BCUT2D eigenvalue weighted by Gasteiger charge is -2.22. The predicted molar refractivity (Wildman–Crippen MR) is 65.3 cm³/mol. The molecule has 1 amide bonds. The first-order chi connectivity index (χ1) is 8.22. The molecule has 1 aliphatic heterocycles. The summed E-state index contributed by atoms with van der Waals surface area (Å²) in [4.78, 5) is 18.2. The highest BCUT2D eigenvalue weighted by atomic mass is 16.2. The van der Waals surface area contributed by atoms with E-state index < -0.39 is 0 Å². The van der Waals surface area contributed by atoms with Crippen molar-refractivity contribution in [3.8, 4) is 0 Å². The standard InChI is InChI=1S/C12H20N4O/c1-15-9-14-8-11(15)6-10(7-13)12(17)16-4-2-3-5-16/h8-10H,2-7,13H2,1H3. The second kappa shape index (κ2) is 5.31. The minimum atomic E-state index is -0.108. The van der Waals surface area contributed by atoms with Gasteiger partial charge in [0.1, 0.15) is 0 Å². The third-order valence-electron chi connectivity index (χ3n) is 3.42. The van der Waals surface area contributed by atoms with E-state index in [4.69, 9.17) is 5.73 Å². The largest absolute Gasteiger partial charge is 0.342 e. The number of aromatic nitrogens is 2. The maximum atomic E-state index is 12.2. The number of rotatable bonds is 4. The summed E-state index contributed by atoms with van der Waals surface area (Å²) in [6.45, 7) is 2.18. The van der Waals surface area contributed by atoms with Crippen LogP contribution < -0.4 is 5.73 Å². The molecule has 2 rings (SSSR count). The van der Waals surface area contributed by atoms with Crippen LogP contribution in [0.5, 0.6) is 0 Å². The van der Waals surface area contributed by atoms with Gasteiger partial charge in [-0.1, -0.05) is 0 Å². The van der Waals surface area contributed by atoms with Gasteiger partial charge in [-0.2, -0.15) is 0 Å². The van der Waals surface area contributed by atoms with Gasteiger partial charge < -0.3 is 15.2 Å². The number of hydrogen-bond acceptors (Lipinski definition) is 3. The van der Waals surface area contributed by atoms with Crippen molar-refractivity contribution in [1.29, 1.82) is 0 Å². The zero-order chi connectivity index (χ0) is 12.3. The lowest BCUT2D eigenvalue weighted by molar-refractivity contribution is -0.134. The molecule has 17 heavy (non-hydrogen) atoms. The van der Waals surface area contributed by atoms with Gasteiger partial charge in [-0.15, -0.1) is 0 Å². The van der Waals surface area contributed by atoms with Crippen molar-refractivity contribution >= 4 is 5.91 Å². The molecule has 1 aromatic heterocycles.